The van der Waals surface area contributed by atoms with E-state index in [-0.39, 0.29) is 5.91 Å². The smallest absolute Gasteiger partial charge is 0.264 e. The molecule has 0 atom stereocenters. The Balaban J connectivity index is 2.67. The van der Waals surface area contributed by atoms with E-state index in [0.717, 1.165) is 0 Å². The van der Waals surface area contributed by atoms with Gasteiger partial charge in [-0.05, 0) is 11.8 Å². The number of fused-ring (bicyclic) bond motifs is 1. The van der Waals surface area contributed by atoms with Crippen molar-refractivity contribution in [2.24, 2.45) is 9.98 Å². The van der Waals surface area contributed by atoms with Crippen LogP contribution in [0.5, 0.6) is 0 Å². The first-order valence-electron chi connectivity index (χ1n) is 1.76. The largest absolute Gasteiger partial charge is 0.305 e. The summed E-state index contributed by atoms with van der Waals surface area (Å²) in [5.74, 6) is -0.167. The second kappa shape index (κ2) is 0.790. The van der Waals surface area contributed by atoms with Crippen molar-refractivity contribution in [3.05, 3.63) is 0 Å². The summed E-state index contributed by atoms with van der Waals surface area (Å²) >= 11 is 1.35. The van der Waals surface area contributed by atoms with E-state index in [0.29, 0.717) is 10.2 Å². The Morgan fingerprint density at radius 3 is 2.29 bits per heavy atom. The van der Waals surface area contributed by atoms with Crippen LogP contribution in [0.4, 0.5) is 0 Å². The molecule has 0 N–H and O–H groups in total. The zero-order chi connectivity index (χ0) is 4.85. The fourth-order valence-corrected chi connectivity index (χ4v) is 1.03. The molecule has 3 rings (SSSR count). The summed E-state index contributed by atoms with van der Waals surface area (Å²) in [6, 6.07) is 0. The number of carbonyl (C=O) groups is 1. The molecule has 0 radical (unpaired) electrons. The Morgan fingerprint density at radius 2 is 2.14 bits per heavy atom. The number of amides is 1. The van der Waals surface area contributed by atoms with Crippen molar-refractivity contribution in [3.8, 4) is 0 Å². The highest BCUT2D eigenvalue weighted by atomic mass is 32.2. The molecular formula is C3N2OS. The number of rotatable bonds is 0. The quantitative estimate of drug-likeness (QED) is 0.443. The zero-order valence-corrected chi connectivity index (χ0v) is 4.03. The Hall–Kier alpha value is -0.640. The summed E-state index contributed by atoms with van der Waals surface area (Å²) in [4.78, 5) is 17.5. The summed E-state index contributed by atoms with van der Waals surface area (Å²) in [5.41, 5.74) is 0. The number of hydrogen-bond acceptors (Lipinski definition) is 3. The molecule has 0 aromatic heterocycles. The molecule has 3 aliphatic rings. The lowest BCUT2D eigenvalue weighted by Gasteiger charge is -1.95. The highest BCUT2D eigenvalue weighted by molar-refractivity contribution is 8.31. The molecule has 0 aliphatic carbocycles. The molecule has 1 amide bonds. The van der Waals surface area contributed by atoms with E-state index in [1.807, 2.05) is 0 Å². The van der Waals surface area contributed by atoms with E-state index in [2.05, 4.69) is 9.98 Å². The fourth-order valence-electron chi connectivity index (χ4n) is 0.454. The van der Waals surface area contributed by atoms with Crippen LogP contribution >= 0.6 is 11.8 Å². The van der Waals surface area contributed by atoms with Gasteiger partial charge >= 0.3 is 5.91 Å². The summed E-state index contributed by atoms with van der Waals surface area (Å²) in [7, 11) is 0. The van der Waals surface area contributed by atoms with Gasteiger partial charge in [0.25, 0.3) is 0 Å². The number of nitrogens with zero attached hydrogens (tertiary/aromatic N) is 2. The molecule has 7 heavy (non-hydrogen) atoms. The van der Waals surface area contributed by atoms with Crippen LogP contribution in [-0.2, 0) is 4.79 Å². The molecule has 0 aromatic rings. The number of hydrogen-bond donors (Lipinski definition) is 0. The van der Waals surface area contributed by atoms with Crippen molar-refractivity contribution in [1.82, 2.24) is 0 Å². The lowest BCUT2D eigenvalue weighted by atomic mass is 10.7. The molecule has 3 nitrogen and oxygen atoms in total. The maximum absolute atomic E-state index is 10.3. The van der Waals surface area contributed by atoms with Crippen molar-refractivity contribution < 1.29 is 4.79 Å². The van der Waals surface area contributed by atoms with Crippen LogP contribution in [0.25, 0.3) is 0 Å². The summed E-state index contributed by atoms with van der Waals surface area (Å²) < 4.78 is 0. The first kappa shape index (κ1) is 3.37. The predicted molar refractivity (Wildman–Crippen MR) is 27.5 cm³/mol. The topological polar surface area (TPSA) is 41.8 Å². The van der Waals surface area contributed by atoms with Gasteiger partial charge in [0.15, 0.2) is 10.2 Å². The molecule has 0 aromatic carbocycles. The fraction of sp³-hybridized carbons (Fsp3) is 0. The van der Waals surface area contributed by atoms with Gasteiger partial charge in [0, 0.05) is 0 Å². The van der Waals surface area contributed by atoms with Gasteiger partial charge in [-0.15, -0.1) is 0 Å². The molecule has 0 saturated heterocycles. The van der Waals surface area contributed by atoms with Gasteiger partial charge in [0.2, 0.25) is 0 Å². The minimum atomic E-state index is -0.167. The van der Waals surface area contributed by atoms with E-state index < -0.39 is 0 Å². The molecule has 0 unspecified atom stereocenters. The Bertz CT molecular complexity index is 189. The number of carbonyl (C=O) groups excluding carboxylic acids is 1. The second-order valence-electron chi connectivity index (χ2n) is 1.22. The van der Waals surface area contributed by atoms with Gasteiger partial charge in [-0.3, -0.25) is 4.79 Å². The first-order valence-corrected chi connectivity index (χ1v) is 2.57. The van der Waals surface area contributed by atoms with Crippen molar-refractivity contribution in [1.29, 1.82) is 0 Å². The average molecular weight is 112 g/mol. The Kier molecular flexibility index (Phi) is 0.380. The molecule has 3 heterocycles. The average Bonchev–Trinajstić information content (AvgIpc) is 1.85. The lowest BCUT2D eigenvalue weighted by molar-refractivity contribution is -0.111. The maximum atomic E-state index is 10.3. The molecule has 34 valence electrons. The molecule has 0 spiro atoms. The van der Waals surface area contributed by atoms with Gasteiger partial charge < -0.3 is 0 Å². The summed E-state index contributed by atoms with van der Waals surface area (Å²) in [6.07, 6.45) is 0. The maximum Gasteiger partial charge on any atom is 0.305 e. The molecule has 4 heteroatoms. The minimum absolute atomic E-state index is 0.167. The summed E-state index contributed by atoms with van der Waals surface area (Å²) in [6.45, 7) is 0. The van der Waals surface area contributed by atoms with Gasteiger partial charge in [0.05, 0.1) is 0 Å². The third-order valence-electron chi connectivity index (χ3n) is 0.765. The van der Waals surface area contributed by atoms with E-state index >= 15 is 0 Å². The lowest BCUT2D eigenvalue weighted by Crippen LogP contribution is -2.05. The SMILES string of the molecule is O=C1N=C2N=C1S2. The van der Waals surface area contributed by atoms with Crippen LogP contribution in [0.15, 0.2) is 9.98 Å². The number of aliphatic imine (C=N–C) groups is 2. The van der Waals surface area contributed by atoms with E-state index in [1.165, 1.54) is 11.8 Å². The molecule has 3 aliphatic heterocycles. The first-order chi connectivity index (χ1) is 3.36. The highest BCUT2D eigenvalue weighted by Crippen LogP contribution is 2.27. The highest BCUT2D eigenvalue weighted by Gasteiger charge is 2.31. The molecule has 0 saturated carbocycles. The van der Waals surface area contributed by atoms with Gasteiger partial charge in [-0.1, -0.05) is 0 Å². The van der Waals surface area contributed by atoms with Gasteiger partial charge in [-0.25, -0.2) is 4.99 Å². The standard InChI is InChI=1S/C3N2OS/c6-1-2-5-3(4-1)7-2. The van der Waals surface area contributed by atoms with Gasteiger partial charge in [0.1, 0.15) is 0 Å². The van der Waals surface area contributed by atoms with Crippen molar-refractivity contribution in [3.63, 3.8) is 0 Å². The van der Waals surface area contributed by atoms with E-state index in [9.17, 15) is 4.79 Å². The second-order valence-corrected chi connectivity index (χ2v) is 2.17. The normalized spacial score (nSPS) is 23.7. The minimum Gasteiger partial charge on any atom is -0.264 e. The van der Waals surface area contributed by atoms with E-state index in [4.69, 9.17) is 0 Å². The third kappa shape index (κ3) is 0.256. The Labute approximate surface area is 43.5 Å². The van der Waals surface area contributed by atoms with Crippen molar-refractivity contribution in [2.45, 2.75) is 0 Å². The van der Waals surface area contributed by atoms with Crippen LogP contribution in [-0.4, -0.2) is 16.1 Å². The zero-order valence-electron chi connectivity index (χ0n) is 3.21. The monoisotopic (exact) mass is 112 g/mol. The van der Waals surface area contributed by atoms with E-state index in [1.54, 1.807) is 0 Å². The molecule has 2 bridgehead atoms. The third-order valence-corrected chi connectivity index (χ3v) is 1.59. The molecule has 0 fully saturated rings. The molecular weight excluding hydrogens is 112 g/mol. The van der Waals surface area contributed by atoms with Crippen molar-refractivity contribution in [2.75, 3.05) is 0 Å². The predicted octanol–water partition coefficient (Wildman–Crippen LogP) is 0.0279. The van der Waals surface area contributed by atoms with Crippen molar-refractivity contribution >= 4 is 27.9 Å². The van der Waals surface area contributed by atoms with Crippen LogP contribution < -0.4 is 0 Å². The Morgan fingerprint density at radius 1 is 1.43 bits per heavy atom. The summed E-state index contributed by atoms with van der Waals surface area (Å²) in [5, 5.41) is 1.18. The van der Waals surface area contributed by atoms with Crippen LogP contribution in [0.3, 0.4) is 0 Å². The number of thioether (sulfide) groups is 1. The van der Waals surface area contributed by atoms with Crippen LogP contribution in [0.1, 0.15) is 0 Å². The van der Waals surface area contributed by atoms with Crippen LogP contribution in [0, 0.1) is 0 Å². The number of amidine groups is 1. The van der Waals surface area contributed by atoms with Crippen LogP contribution in [0.2, 0.25) is 0 Å². The van der Waals surface area contributed by atoms with Gasteiger partial charge in [-0.2, -0.15) is 4.99 Å².